The fourth-order valence-corrected chi connectivity index (χ4v) is 3.26. The SMILES string of the molecule is CN(CCN1CCCC1)Cc1ccc(CN)s1. The van der Waals surface area contributed by atoms with E-state index in [4.69, 9.17) is 5.73 Å². The van der Waals surface area contributed by atoms with E-state index in [0.29, 0.717) is 6.54 Å². The van der Waals surface area contributed by atoms with Crippen molar-refractivity contribution in [3.8, 4) is 0 Å². The summed E-state index contributed by atoms with van der Waals surface area (Å²) in [6.07, 6.45) is 2.77. The van der Waals surface area contributed by atoms with E-state index in [1.807, 2.05) is 11.3 Å². The molecule has 0 saturated carbocycles. The molecule has 1 fully saturated rings. The minimum Gasteiger partial charge on any atom is -0.326 e. The van der Waals surface area contributed by atoms with Crippen LogP contribution in [0.15, 0.2) is 12.1 Å². The summed E-state index contributed by atoms with van der Waals surface area (Å²) in [6, 6.07) is 4.35. The molecule has 1 saturated heterocycles. The Balaban J connectivity index is 1.70. The van der Waals surface area contributed by atoms with Crippen molar-refractivity contribution < 1.29 is 0 Å². The van der Waals surface area contributed by atoms with Gasteiger partial charge in [-0.05, 0) is 45.1 Å². The van der Waals surface area contributed by atoms with Gasteiger partial charge in [-0.3, -0.25) is 0 Å². The lowest BCUT2D eigenvalue weighted by atomic mass is 10.4. The van der Waals surface area contributed by atoms with Crippen LogP contribution < -0.4 is 5.73 Å². The number of rotatable bonds is 6. The molecule has 0 atom stereocenters. The Hall–Kier alpha value is -0.420. The minimum atomic E-state index is 0.669. The first-order valence-electron chi connectivity index (χ1n) is 6.46. The predicted molar refractivity (Wildman–Crippen MR) is 74.2 cm³/mol. The van der Waals surface area contributed by atoms with Crippen LogP contribution in [0.3, 0.4) is 0 Å². The molecular formula is C13H23N3S. The van der Waals surface area contributed by atoms with Gasteiger partial charge in [-0.2, -0.15) is 0 Å². The molecule has 1 aliphatic rings. The quantitative estimate of drug-likeness (QED) is 0.838. The lowest BCUT2D eigenvalue weighted by Gasteiger charge is -2.20. The van der Waals surface area contributed by atoms with Crippen LogP contribution in [0.4, 0.5) is 0 Å². The van der Waals surface area contributed by atoms with Crippen LogP contribution in [0.5, 0.6) is 0 Å². The molecule has 0 amide bonds. The molecule has 2 N–H and O–H groups in total. The number of hydrogen-bond donors (Lipinski definition) is 1. The Labute approximate surface area is 108 Å². The first-order chi connectivity index (χ1) is 8.28. The fraction of sp³-hybridized carbons (Fsp3) is 0.692. The highest BCUT2D eigenvalue weighted by Crippen LogP contribution is 2.17. The number of hydrogen-bond acceptors (Lipinski definition) is 4. The van der Waals surface area contributed by atoms with Gasteiger partial charge < -0.3 is 15.5 Å². The van der Waals surface area contributed by atoms with Gasteiger partial charge in [0, 0.05) is 35.9 Å². The third kappa shape index (κ3) is 4.07. The molecule has 3 nitrogen and oxygen atoms in total. The molecule has 1 aromatic heterocycles. The molecule has 0 unspecified atom stereocenters. The van der Waals surface area contributed by atoms with Crippen molar-refractivity contribution in [3.05, 3.63) is 21.9 Å². The van der Waals surface area contributed by atoms with Gasteiger partial charge >= 0.3 is 0 Å². The summed E-state index contributed by atoms with van der Waals surface area (Å²) in [5.74, 6) is 0. The molecular weight excluding hydrogens is 230 g/mol. The molecule has 96 valence electrons. The molecule has 0 bridgehead atoms. The number of likely N-dealkylation sites (tertiary alicyclic amines) is 1. The van der Waals surface area contributed by atoms with E-state index >= 15 is 0 Å². The van der Waals surface area contributed by atoms with Crippen LogP contribution in [0.25, 0.3) is 0 Å². The molecule has 2 rings (SSSR count). The topological polar surface area (TPSA) is 32.5 Å². The molecule has 17 heavy (non-hydrogen) atoms. The average molecular weight is 253 g/mol. The van der Waals surface area contributed by atoms with E-state index in [1.165, 1.54) is 42.2 Å². The van der Waals surface area contributed by atoms with Crippen LogP contribution in [0.1, 0.15) is 22.6 Å². The monoisotopic (exact) mass is 253 g/mol. The Morgan fingerprint density at radius 3 is 2.65 bits per heavy atom. The van der Waals surface area contributed by atoms with Crippen molar-refractivity contribution in [3.63, 3.8) is 0 Å². The van der Waals surface area contributed by atoms with Gasteiger partial charge in [0.1, 0.15) is 0 Å². The van der Waals surface area contributed by atoms with Gasteiger partial charge in [-0.15, -0.1) is 11.3 Å². The van der Waals surface area contributed by atoms with Crippen molar-refractivity contribution in [1.82, 2.24) is 9.80 Å². The molecule has 1 aliphatic heterocycles. The third-order valence-electron chi connectivity index (χ3n) is 3.34. The van der Waals surface area contributed by atoms with E-state index in [-0.39, 0.29) is 0 Å². The second-order valence-electron chi connectivity index (χ2n) is 4.86. The Kier molecular flexibility index (Phi) is 4.98. The Morgan fingerprint density at radius 2 is 2.00 bits per heavy atom. The maximum atomic E-state index is 5.63. The highest BCUT2D eigenvalue weighted by atomic mass is 32.1. The van der Waals surface area contributed by atoms with Gasteiger partial charge in [-0.1, -0.05) is 0 Å². The molecule has 4 heteroatoms. The first kappa shape index (κ1) is 13.0. The number of nitrogens with zero attached hydrogens (tertiary/aromatic N) is 2. The van der Waals surface area contributed by atoms with Gasteiger partial charge in [-0.25, -0.2) is 0 Å². The Morgan fingerprint density at radius 1 is 1.29 bits per heavy atom. The van der Waals surface area contributed by atoms with Gasteiger partial charge in [0.05, 0.1) is 0 Å². The minimum absolute atomic E-state index is 0.669. The van der Waals surface area contributed by atoms with E-state index in [2.05, 4.69) is 29.0 Å². The van der Waals surface area contributed by atoms with Crippen molar-refractivity contribution in [1.29, 1.82) is 0 Å². The van der Waals surface area contributed by atoms with Gasteiger partial charge in [0.2, 0.25) is 0 Å². The molecule has 0 radical (unpaired) electrons. The zero-order valence-corrected chi connectivity index (χ0v) is 11.5. The second-order valence-corrected chi connectivity index (χ2v) is 6.11. The van der Waals surface area contributed by atoms with Crippen LogP contribution in [0.2, 0.25) is 0 Å². The van der Waals surface area contributed by atoms with Crippen LogP contribution in [-0.4, -0.2) is 43.0 Å². The third-order valence-corrected chi connectivity index (χ3v) is 4.43. The van der Waals surface area contributed by atoms with E-state index in [0.717, 1.165) is 13.1 Å². The largest absolute Gasteiger partial charge is 0.326 e. The summed E-state index contributed by atoms with van der Waals surface area (Å²) in [4.78, 5) is 7.68. The fourth-order valence-electron chi connectivity index (χ4n) is 2.28. The summed E-state index contributed by atoms with van der Waals surface area (Å²) in [5, 5.41) is 0. The second kappa shape index (κ2) is 6.50. The molecule has 0 aromatic carbocycles. The van der Waals surface area contributed by atoms with Crippen LogP contribution in [-0.2, 0) is 13.1 Å². The number of thiophene rings is 1. The maximum Gasteiger partial charge on any atom is 0.0325 e. The number of likely N-dealkylation sites (N-methyl/N-ethyl adjacent to an activating group) is 1. The Bertz CT molecular complexity index is 331. The molecule has 1 aromatic rings. The van der Waals surface area contributed by atoms with Crippen molar-refractivity contribution in [2.24, 2.45) is 5.73 Å². The molecule has 2 heterocycles. The highest BCUT2D eigenvalue weighted by Gasteiger charge is 2.12. The van der Waals surface area contributed by atoms with Gasteiger partial charge in [0.25, 0.3) is 0 Å². The zero-order valence-electron chi connectivity index (χ0n) is 10.7. The summed E-state index contributed by atoms with van der Waals surface area (Å²) in [5.41, 5.74) is 5.63. The standard InChI is InChI=1S/C13H23N3S/c1-15(8-9-16-6-2-3-7-16)11-13-5-4-12(10-14)17-13/h4-5H,2-3,6-11,14H2,1H3. The number of nitrogens with two attached hydrogens (primary N) is 1. The smallest absolute Gasteiger partial charge is 0.0325 e. The van der Waals surface area contributed by atoms with Crippen LogP contribution in [0, 0.1) is 0 Å². The lowest BCUT2D eigenvalue weighted by Crippen LogP contribution is -2.30. The maximum absolute atomic E-state index is 5.63. The lowest BCUT2D eigenvalue weighted by molar-refractivity contribution is 0.253. The van der Waals surface area contributed by atoms with Crippen molar-refractivity contribution >= 4 is 11.3 Å². The summed E-state index contributed by atoms with van der Waals surface area (Å²) >= 11 is 1.84. The van der Waals surface area contributed by atoms with Crippen LogP contribution >= 0.6 is 11.3 Å². The first-order valence-corrected chi connectivity index (χ1v) is 7.28. The van der Waals surface area contributed by atoms with E-state index < -0.39 is 0 Å². The van der Waals surface area contributed by atoms with Crippen molar-refractivity contribution in [2.45, 2.75) is 25.9 Å². The zero-order chi connectivity index (χ0) is 12.1. The summed E-state index contributed by atoms with van der Waals surface area (Å²) < 4.78 is 0. The van der Waals surface area contributed by atoms with E-state index in [9.17, 15) is 0 Å². The van der Waals surface area contributed by atoms with E-state index in [1.54, 1.807) is 0 Å². The predicted octanol–water partition coefficient (Wildman–Crippen LogP) is 1.73. The summed E-state index contributed by atoms with van der Waals surface area (Å²) in [6.45, 7) is 6.69. The normalized spacial score (nSPS) is 17.1. The van der Waals surface area contributed by atoms with Gasteiger partial charge in [0.15, 0.2) is 0 Å². The molecule has 0 aliphatic carbocycles. The van der Waals surface area contributed by atoms with Crippen molar-refractivity contribution in [2.75, 3.05) is 33.2 Å². The highest BCUT2D eigenvalue weighted by molar-refractivity contribution is 7.11. The molecule has 0 spiro atoms. The average Bonchev–Trinajstić information content (AvgIpc) is 2.97. The summed E-state index contributed by atoms with van der Waals surface area (Å²) in [7, 11) is 2.21.